The maximum atomic E-state index is 11.8. The third kappa shape index (κ3) is 3.73. The number of aromatic amines is 1. The van der Waals surface area contributed by atoms with Crippen LogP contribution < -0.4 is 5.32 Å². The third-order valence-corrected chi connectivity index (χ3v) is 4.07. The second-order valence-electron chi connectivity index (χ2n) is 4.52. The number of amides is 1. The van der Waals surface area contributed by atoms with Crippen molar-refractivity contribution in [2.45, 2.75) is 43.8 Å². The molecule has 1 saturated carbocycles. The molecule has 2 rings (SSSR count). The van der Waals surface area contributed by atoms with Crippen LogP contribution in [0.5, 0.6) is 0 Å². The molecule has 0 bridgehead atoms. The Morgan fingerprint density at radius 3 is 3.12 bits per heavy atom. The van der Waals surface area contributed by atoms with Gasteiger partial charge in [0.15, 0.2) is 5.16 Å². The molecule has 0 saturated heterocycles. The van der Waals surface area contributed by atoms with Crippen molar-refractivity contribution >= 4 is 17.7 Å². The smallest absolute Gasteiger partial charge is 0.230 e. The van der Waals surface area contributed by atoms with Gasteiger partial charge in [0.25, 0.3) is 0 Å². The molecule has 5 nitrogen and oxygen atoms in total. The molecule has 0 spiro atoms. The van der Waals surface area contributed by atoms with Crippen LogP contribution in [-0.4, -0.2) is 32.9 Å². The van der Waals surface area contributed by atoms with Crippen molar-refractivity contribution in [3.05, 3.63) is 6.33 Å². The quantitative estimate of drug-likeness (QED) is 0.801. The Hall–Kier alpha value is -1.04. The van der Waals surface area contributed by atoms with Gasteiger partial charge in [-0.05, 0) is 18.8 Å². The molecule has 6 heteroatoms. The van der Waals surface area contributed by atoms with Crippen LogP contribution in [0.15, 0.2) is 11.5 Å². The van der Waals surface area contributed by atoms with Crippen molar-refractivity contribution < 1.29 is 4.79 Å². The Kier molecular flexibility index (Phi) is 4.42. The molecule has 2 atom stereocenters. The van der Waals surface area contributed by atoms with Crippen molar-refractivity contribution in [3.63, 3.8) is 0 Å². The molecule has 1 fully saturated rings. The van der Waals surface area contributed by atoms with E-state index in [1.165, 1.54) is 37.4 Å². The van der Waals surface area contributed by atoms with Gasteiger partial charge in [-0.2, -0.15) is 5.10 Å². The minimum atomic E-state index is 0.0881. The van der Waals surface area contributed by atoms with Gasteiger partial charge >= 0.3 is 0 Å². The van der Waals surface area contributed by atoms with E-state index < -0.39 is 0 Å². The van der Waals surface area contributed by atoms with Gasteiger partial charge < -0.3 is 5.32 Å². The van der Waals surface area contributed by atoms with Crippen LogP contribution in [-0.2, 0) is 4.79 Å². The lowest BCUT2D eigenvalue weighted by Gasteiger charge is -2.29. The maximum Gasteiger partial charge on any atom is 0.230 e. The van der Waals surface area contributed by atoms with Crippen molar-refractivity contribution in [1.82, 2.24) is 20.5 Å². The standard InChI is InChI=1S/C11H18N4OS/c1-8-4-2-3-5-9(8)14-10(16)6-17-11-12-7-13-15-11/h7-9H,2-6H2,1H3,(H,14,16)(H,12,13,15). The van der Waals surface area contributed by atoms with E-state index in [0.717, 1.165) is 6.42 Å². The topological polar surface area (TPSA) is 70.7 Å². The van der Waals surface area contributed by atoms with Crippen molar-refractivity contribution in [2.24, 2.45) is 5.92 Å². The number of thioether (sulfide) groups is 1. The van der Waals surface area contributed by atoms with Gasteiger partial charge in [0.2, 0.25) is 5.91 Å². The van der Waals surface area contributed by atoms with E-state index in [1.807, 2.05) is 0 Å². The summed E-state index contributed by atoms with van der Waals surface area (Å²) in [4.78, 5) is 15.7. The van der Waals surface area contributed by atoms with Gasteiger partial charge in [-0.1, -0.05) is 31.5 Å². The molecule has 1 aromatic rings. The van der Waals surface area contributed by atoms with Crippen LogP contribution in [0.1, 0.15) is 32.6 Å². The first kappa shape index (κ1) is 12.4. The average molecular weight is 254 g/mol. The summed E-state index contributed by atoms with van der Waals surface area (Å²) in [7, 11) is 0. The zero-order valence-electron chi connectivity index (χ0n) is 9.98. The molecule has 1 aliphatic rings. The summed E-state index contributed by atoms with van der Waals surface area (Å²) in [6.07, 6.45) is 6.30. The van der Waals surface area contributed by atoms with Gasteiger partial charge in [0, 0.05) is 6.04 Å². The van der Waals surface area contributed by atoms with Gasteiger partial charge in [0.1, 0.15) is 6.33 Å². The Bertz CT molecular complexity index is 354. The minimum Gasteiger partial charge on any atom is -0.352 e. The SMILES string of the molecule is CC1CCCCC1NC(=O)CSc1ncn[nH]1. The molecule has 1 aromatic heterocycles. The first-order valence-electron chi connectivity index (χ1n) is 6.03. The van der Waals surface area contributed by atoms with E-state index in [0.29, 0.717) is 22.9 Å². The number of rotatable bonds is 4. The summed E-state index contributed by atoms with van der Waals surface area (Å²) < 4.78 is 0. The van der Waals surface area contributed by atoms with Crippen LogP contribution >= 0.6 is 11.8 Å². The number of H-pyrrole nitrogens is 1. The molecular formula is C11H18N4OS. The molecule has 1 amide bonds. The lowest BCUT2D eigenvalue weighted by molar-refractivity contribution is -0.119. The average Bonchev–Trinajstić information content (AvgIpc) is 2.82. The van der Waals surface area contributed by atoms with Crippen molar-refractivity contribution in [1.29, 1.82) is 0 Å². The first-order chi connectivity index (χ1) is 8.25. The number of aromatic nitrogens is 3. The van der Waals surface area contributed by atoms with E-state index in [9.17, 15) is 4.79 Å². The highest BCUT2D eigenvalue weighted by Crippen LogP contribution is 2.23. The number of hydrogen-bond acceptors (Lipinski definition) is 4. The molecule has 0 radical (unpaired) electrons. The van der Waals surface area contributed by atoms with Crippen molar-refractivity contribution in [3.8, 4) is 0 Å². The Labute approximate surface area is 105 Å². The second-order valence-corrected chi connectivity index (χ2v) is 5.48. The van der Waals surface area contributed by atoms with Crippen LogP contribution in [0.25, 0.3) is 0 Å². The molecular weight excluding hydrogens is 236 g/mol. The molecule has 17 heavy (non-hydrogen) atoms. The number of carbonyl (C=O) groups is 1. The van der Waals surface area contributed by atoms with Gasteiger partial charge in [0.05, 0.1) is 5.75 Å². The van der Waals surface area contributed by atoms with Crippen LogP contribution in [0.3, 0.4) is 0 Å². The predicted octanol–water partition coefficient (Wildman–Crippen LogP) is 1.59. The summed E-state index contributed by atoms with van der Waals surface area (Å²) >= 11 is 1.38. The summed E-state index contributed by atoms with van der Waals surface area (Å²) in [5.74, 6) is 1.09. The van der Waals surface area contributed by atoms with Gasteiger partial charge in [-0.3, -0.25) is 9.89 Å². The zero-order chi connectivity index (χ0) is 12.1. The lowest BCUT2D eigenvalue weighted by Crippen LogP contribution is -2.41. The molecule has 1 heterocycles. The fourth-order valence-corrected chi connectivity index (χ4v) is 2.77. The van der Waals surface area contributed by atoms with Crippen LogP contribution in [0.4, 0.5) is 0 Å². The maximum absolute atomic E-state index is 11.8. The molecule has 1 aliphatic carbocycles. The highest BCUT2D eigenvalue weighted by molar-refractivity contribution is 7.99. The van der Waals surface area contributed by atoms with E-state index in [1.54, 1.807) is 0 Å². The fraction of sp³-hybridized carbons (Fsp3) is 0.727. The third-order valence-electron chi connectivity index (χ3n) is 3.19. The summed E-state index contributed by atoms with van der Waals surface area (Å²) in [6, 6.07) is 0.353. The number of nitrogens with zero attached hydrogens (tertiary/aromatic N) is 2. The number of carbonyl (C=O) groups excluding carboxylic acids is 1. The second kappa shape index (κ2) is 6.05. The fourth-order valence-electron chi connectivity index (χ4n) is 2.18. The number of nitrogens with one attached hydrogen (secondary N) is 2. The molecule has 0 aliphatic heterocycles. The highest BCUT2D eigenvalue weighted by Gasteiger charge is 2.22. The highest BCUT2D eigenvalue weighted by atomic mass is 32.2. The van der Waals surface area contributed by atoms with E-state index in [-0.39, 0.29) is 5.91 Å². The van der Waals surface area contributed by atoms with Crippen molar-refractivity contribution in [2.75, 3.05) is 5.75 Å². The summed E-state index contributed by atoms with van der Waals surface area (Å²) in [6.45, 7) is 2.22. The largest absolute Gasteiger partial charge is 0.352 e. The lowest BCUT2D eigenvalue weighted by atomic mass is 9.86. The minimum absolute atomic E-state index is 0.0881. The molecule has 94 valence electrons. The Morgan fingerprint density at radius 1 is 1.59 bits per heavy atom. The summed E-state index contributed by atoms with van der Waals surface area (Å²) in [5, 5.41) is 10.3. The van der Waals surface area contributed by atoms with Crippen LogP contribution in [0.2, 0.25) is 0 Å². The monoisotopic (exact) mass is 254 g/mol. The molecule has 2 unspecified atom stereocenters. The van der Waals surface area contributed by atoms with E-state index in [4.69, 9.17) is 0 Å². The Morgan fingerprint density at radius 2 is 2.41 bits per heavy atom. The predicted molar refractivity (Wildman–Crippen MR) is 66.7 cm³/mol. The molecule has 2 N–H and O–H groups in total. The number of hydrogen-bond donors (Lipinski definition) is 2. The van der Waals surface area contributed by atoms with E-state index in [2.05, 4.69) is 27.4 Å². The van der Waals surface area contributed by atoms with Gasteiger partial charge in [-0.15, -0.1) is 0 Å². The van der Waals surface area contributed by atoms with Gasteiger partial charge in [-0.25, -0.2) is 4.98 Å². The normalized spacial score (nSPS) is 24.5. The van der Waals surface area contributed by atoms with Crippen LogP contribution in [0, 0.1) is 5.92 Å². The Balaban J connectivity index is 1.73. The first-order valence-corrected chi connectivity index (χ1v) is 7.02. The summed E-state index contributed by atoms with van der Waals surface area (Å²) in [5.41, 5.74) is 0. The van der Waals surface area contributed by atoms with E-state index >= 15 is 0 Å². The zero-order valence-corrected chi connectivity index (χ0v) is 10.8. The molecule has 0 aromatic carbocycles.